The molecule has 0 saturated heterocycles. The zero-order valence-electron chi connectivity index (χ0n) is 11.1. The third-order valence-corrected chi connectivity index (χ3v) is 4.12. The minimum absolute atomic E-state index is 0.123. The number of carbonyl (C=O) groups excluding carboxylic acids is 1. The molecule has 20 heavy (non-hydrogen) atoms. The van der Waals surface area contributed by atoms with Crippen LogP contribution in [0.1, 0.15) is 14.5 Å². The minimum atomic E-state index is 0.123. The third-order valence-electron chi connectivity index (χ3n) is 3.08. The topological polar surface area (TPSA) is 34.9 Å². The van der Waals surface area contributed by atoms with E-state index in [1.165, 1.54) is 11.3 Å². The molecule has 0 N–H and O–H groups in total. The van der Waals surface area contributed by atoms with Gasteiger partial charge in [-0.25, -0.2) is 4.98 Å². The molecule has 0 atom stereocenters. The lowest BCUT2D eigenvalue weighted by molar-refractivity contribution is 0.0976. The maximum Gasteiger partial charge on any atom is 0.192 e. The van der Waals surface area contributed by atoms with Crippen LogP contribution in [0.25, 0.3) is 11.4 Å². The van der Waals surface area contributed by atoms with Crippen LogP contribution in [0.15, 0.2) is 54.9 Å². The van der Waals surface area contributed by atoms with E-state index in [2.05, 4.69) is 4.98 Å². The number of aromatic nitrogens is 2. The first kappa shape index (κ1) is 12.8. The van der Waals surface area contributed by atoms with Gasteiger partial charge in [-0.2, -0.15) is 0 Å². The smallest absolute Gasteiger partial charge is 0.192 e. The number of thiophene rings is 1. The molecule has 0 unspecified atom stereocenters. The van der Waals surface area contributed by atoms with Crippen molar-refractivity contribution in [3.63, 3.8) is 0 Å². The number of nitrogens with zero attached hydrogens (tertiary/aromatic N) is 2. The first-order valence-electron chi connectivity index (χ1n) is 6.40. The van der Waals surface area contributed by atoms with Crippen LogP contribution < -0.4 is 0 Å². The maximum atomic E-state index is 12.3. The zero-order valence-corrected chi connectivity index (χ0v) is 11.9. The lowest BCUT2D eigenvalue weighted by atomic mass is 10.2. The summed E-state index contributed by atoms with van der Waals surface area (Å²) >= 11 is 1.54. The molecule has 3 aromatic rings. The summed E-state index contributed by atoms with van der Waals surface area (Å²) in [4.78, 5) is 18.6. The number of carbonyl (C=O) groups is 1. The second kappa shape index (κ2) is 5.43. The Kier molecular flexibility index (Phi) is 3.48. The van der Waals surface area contributed by atoms with Gasteiger partial charge in [-0.3, -0.25) is 4.79 Å². The van der Waals surface area contributed by atoms with Gasteiger partial charge in [0, 0.05) is 22.8 Å². The molecule has 100 valence electrons. The maximum absolute atomic E-state index is 12.3. The molecule has 0 aliphatic rings. The summed E-state index contributed by atoms with van der Waals surface area (Å²) in [6.07, 6.45) is 3.58. The highest BCUT2D eigenvalue weighted by Crippen LogP contribution is 2.20. The van der Waals surface area contributed by atoms with Crippen molar-refractivity contribution in [1.82, 2.24) is 9.55 Å². The van der Waals surface area contributed by atoms with Gasteiger partial charge >= 0.3 is 0 Å². The van der Waals surface area contributed by atoms with Crippen LogP contribution in [-0.4, -0.2) is 15.3 Å². The summed E-state index contributed by atoms with van der Waals surface area (Å²) in [6, 6.07) is 13.8. The Bertz CT molecular complexity index is 728. The summed E-state index contributed by atoms with van der Waals surface area (Å²) in [5.74, 6) is 0.950. The zero-order chi connectivity index (χ0) is 13.9. The molecule has 0 fully saturated rings. The molecule has 1 aromatic carbocycles. The van der Waals surface area contributed by atoms with Crippen LogP contribution in [0.2, 0.25) is 0 Å². The molecule has 4 heteroatoms. The molecule has 0 saturated carbocycles. The quantitative estimate of drug-likeness (QED) is 0.682. The van der Waals surface area contributed by atoms with Gasteiger partial charge in [0.15, 0.2) is 5.78 Å². The molecule has 0 radical (unpaired) electrons. The van der Waals surface area contributed by atoms with Crippen molar-refractivity contribution in [2.75, 3.05) is 0 Å². The van der Waals surface area contributed by atoms with E-state index in [1.807, 2.05) is 60.2 Å². The van der Waals surface area contributed by atoms with E-state index in [1.54, 1.807) is 6.20 Å². The lowest BCUT2D eigenvalue weighted by Gasteiger charge is -2.06. The van der Waals surface area contributed by atoms with Gasteiger partial charge in [0.2, 0.25) is 0 Å². The number of aryl methyl sites for hydroxylation is 1. The predicted molar refractivity (Wildman–Crippen MR) is 81.0 cm³/mol. The molecule has 3 rings (SSSR count). The summed E-state index contributed by atoms with van der Waals surface area (Å²) in [7, 11) is 0. The largest absolute Gasteiger partial charge is 0.323 e. The SMILES string of the molecule is Cc1ccc(C(=O)Cn2ccnc2-c2ccccc2)s1. The predicted octanol–water partition coefficient (Wildman–Crippen LogP) is 3.80. The normalized spacial score (nSPS) is 10.7. The summed E-state index contributed by atoms with van der Waals surface area (Å²) in [5.41, 5.74) is 1.02. The first-order valence-corrected chi connectivity index (χ1v) is 7.22. The fourth-order valence-corrected chi connectivity index (χ4v) is 2.90. The molecule has 0 bridgehead atoms. The van der Waals surface area contributed by atoms with Crippen LogP contribution in [-0.2, 0) is 6.54 Å². The Labute approximate surface area is 121 Å². The molecule has 0 spiro atoms. The third kappa shape index (κ3) is 2.56. The fourth-order valence-electron chi connectivity index (χ4n) is 2.10. The van der Waals surface area contributed by atoms with Crippen LogP contribution >= 0.6 is 11.3 Å². The van der Waals surface area contributed by atoms with Gasteiger partial charge in [-0.05, 0) is 19.1 Å². The highest BCUT2D eigenvalue weighted by Gasteiger charge is 2.12. The van der Waals surface area contributed by atoms with E-state index in [4.69, 9.17) is 0 Å². The van der Waals surface area contributed by atoms with Gasteiger partial charge in [0.1, 0.15) is 5.82 Å². The van der Waals surface area contributed by atoms with Gasteiger partial charge in [0.05, 0.1) is 11.4 Å². The Hall–Kier alpha value is -2.20. The minimum Gasteiger partial charge on any atom is -0.323 e. The summed E-state index contributed by atoms with van der Waals surface area (Å²) in [5, 5.41) is 0. The molecule has 3 nitrogen and oxygen atoms in total. The van der Waals surface area contributed by atoms with Crippen molar-refractivity contribution >= 4 is 17.1 Å². The number of Topliss-reactive ketones (excluding diaryl/α,β-unsaturated/α-hetero) is 1. The Morgan fingerprint density at radius 3 is 2.70 bits per heavy atom. The molecule has 0 aliphatic heterocycles. The molecule has 2 aromatic heterocycles. The van der Waals surface area contributed by atoms with Gasteiger partial charge in [-0.1, -0.05) is 30.3 Å². The Morgan fingerprint density at radius 2 is 2.00 bits per heavy atom. The number of imidazole rings is 1. The first-order chi connectivity index (χ1) is 9.74. The van der Waals surface area contributed by atoms with Crippen molar-refractivity contribution in [2.45, 2.75) is 13.5 Å². The average molecular weight is 282 g/mol. The number of hydrogen-bond donors (Lipinski definition) is 0. The van der Waals surface area contributed by atoms with Crippen molar-refractivity contribution in [2.24, 2.45) is 0 Å². The van der Waals surface area contributed by atoms with E-state index < -0.39 is 0 Å². The molecule has 0 amide bonds. The summed E-state index contributed by atoms with van der Waals surface area (Å²) < 4.78 is 1.90. The van der Waals surface area contributed by atoms with Gasteiger partial charge in [0.25, 0.3) is 0 Å². The average Bonchev–Trinajstić information content (AvgIpc) is 3.09. The number of benzene rings is 1. The van der Waals surface area contributed by atoms with Crippen molar-refractivity contribution < 1.29 is 4.79 Å². The van der Waals surface area contributed by atoms with E-state index in [0.29, 0.717) is 6.54 Å². The molecular formula is C16H14N2OS. The Balaban J connectivity index is 1.86. The monoisotopic (exact) mass is 282 g/mol. The standard InChI is InChI=1S/C16H14N2OS/c1-12-7-8-15(20-12)14(19)11-18-10-9-17-16(18)13-5-3-2-4-6-13/h2-10H,11H2,1H3. The molecule has 2 heterocycles. The number of hydrogen-bond acceptors (Lipinski definition) is 3. The fraction of sp³-hybridized carbons (Fsp3) is 0.125. The van der Waals surface area contributed by atoms with Crippen molar-refractivity contribution in [1.29, 1.82) is 0 Å². The van der Waals surface area contributed by atoms with Crippen LogP contribution in [0.5, 0.6) is 0 Å². The van der Waals surface area contributed by atoms with E-state index in [0.717, 1.165) is 21.1 Å². The van der Waals surface area contributed by atoms with Crippen molar-refractivity contribution in [3.05, 3.63) is 64.6 Å². The Morgan fingerprint density at radius 1 is 1.20 bits per heavy atom. The second-order valence-electron chi connectivity index (χ2n) is 4.58. The molecule has 0 aliphatic carbocycles. The highest BCUT2D eigenvalue weighted by atomic mass is 32.1. The van der Waals surface area contributed by atoms with E-state index >= 15 is 0 Å². The molecular weight excluding hydrogens is 268 g/mol. The number of ketones is 1. The summed E-state index contributed by atoms with van der Waals surface area (Å²) in [6.45, 7) is 2.33. The van der Waals surface area contributed by atoms with Crippen molar-refractivity contribution in [3.8, 4) is 11.4 Å². The second-order valence-corrected chi connectivity index (χ2v) is 5.87. The van der Waals surface area contributed by atoms with Crippen LogP contribution in [0.3, 0.4) is 0 Å². The van der Waals surface area contributed by atoms with Gasteiger partial charge in [-0.15, -0.1) is 11.3 Å². The van der Waals surface area contributed by atoms with Crippen LogP contribution in [0, 0.1) is 6.92 Å². The van der Waals surface area contributed by atoms with E-state index in [9.17, 15) is 4.79 Å². The van der Waals surface area contributed by atoms with Gasteiger partial charge < -0.3 is 4.57 Å². The lowest BCUT2D eigenvalue weighted by Crippen LogP contribution is -2.09. The van der Waals surface area contributed by atoms with E-state index in [-0.39, 0.29) is 5.78 Å². The van der Waals surface area contributed by atoms with Crippen LogP contribution in [0.4, 0.5) is 0 Å². The highest BCUT2D eigenvalue weighted by molar-refractivity contribution is 7.14. The number of rotatable bonds is 4.